The van der Waals surface area contributed by atoms with Crippen molar-refractivity contribution in [2.24, 2.45) is 0 Å². The van der Waals surface area contributed by atoms with Gasteiger partial charge in [0.15, 0.2) is 0 Å². The van der Waals surface area contributed by atoms with Crippen molar-refractivity contribution in [2.75, 3.05) is 13.6 Å². The summed E-state index contributed by atoms with van der Waals surface area (Å²) in [6, 6.07) is 7.21. The zero-order chi connectivity index (χ0) is 14.8. The van der Waals surface area contributed by atoms with Crippen molar-refractivity contribution in [1.29, 1.82) is 0 Å². The Hall–Kier alpha value is -1.46. The van der Waals surface area contributed by atoms with Crippen LogP contribution in [0.4, 0.5) is 4.39 Å². The molecule has 2 aliphatic heterocycles. The van der Waals surface area contributed by atoms with E-state index in [1.165, 1.54) is 6.07 Å². The van der Waals surface area contributed by atoms with Crippen LogP contribution in [-0.4, -0.2) is 42.6 Å². The summed E-state index contributed by atoms with van der Waals surface area (Å²) in [5.74, 6) is -0.193. The van der Waals surface area contributed by atoms with E-state index in [1.54, 1.807) is 13.1 Å². The predicted molar refractivity (Wildman–Crippen MR) is 77.2 cm³/mol. The van der Waals surface area contributed by atoms with E-state index in [4.69, 9.17) is 4.74 Å². The molecule has 2 saturated heterocycles. The lowest BCUT2D eigenvalue weighted by molar-refractivity contribution is -0.143. The van der Waals surface area contributed by atoms with Gasteiger partial charge in [-0.2, -0.15) is 0 Å². The molecule has 0 unspecified atom stereocenters. The fourth-order valence-corrected chi connectivity index (χ4v) is 3.41. The first-order valence-electron chi connectivity index (χ1n) is 7.53. The topological polar surface area (TPSA) is 41.6 Å². The average molecular weight is 292 g/mol. The van der Waals surface area contributed by atoms with Crippen molar-refractivity contribution in [1.82, 2.24) is 10.2 Å². The first-order valence-corrected chi connectivity index (χ1v) is 7.53. The van der Waals surface area contributed by atoms with Crippen molar-refractivity contribution in [3.63, 3.8) is 0 Å². The number of likely N-dealkylation sites (tertiary alicyclic amines) is 1. The fourth-order valence-electron chi connectivity index (χ4n) is 3.41. The molecule has 5 heteroatoms. The summed E-state index contributed by atoms with van der Waals surface area (Å²) >= 11 is 0. The van der Waals surface area contributed by atoms with Crippen molar-refractivity contribution in [2.45, 2.75) is 44.1 Å². The minimum atomic E-state index is -0.329. The molecule has 0 spiro atoms. The molecule has 114 valence electrons. The zero-order valence-electron chi connectivity index (χ0n) is 12.2. The highest BCUT2D eigenvalue weighted by molar-refractivity contribution is 5.80. The van der Waals surface area contributed by atoms with Crippen LogP contribution < -0.4 is 5.32 Å². The molecule has 2 heterocycles. The minimum absolute atomic E-state index is 0.0407. The number of likely N-dealkylation sites (N-methyl/N-ethyl adjacent to an activating group) is 1. The Kier molecular flexibility index (Phi) is 4.22. The lowest BCUT2D eigenvalue weighted by Gasteiger charge is -2.35. The Bertz CT molecular complexity index is 523. The van der Waals surface area contributed by atoms with E-state index in [9.17, 15) is 9.18 Å². The Morgan fingerprint density at radius 3 is 2.95 bits per heavy atom. The molecule has 1 aromatic rings. The van der Waals surface area contributed by atoms with Gasteiger partial charge in [0.2, 0.25) is 5.91 Å². The maximum Gasteiger partial charge on any atom is 0.248 e. The summed E-state index contributed by atoms with van der Waals surface area (Å²) in [4.78, 5) is 14.0. The van der Waals surface area contributed by atoms with Gasteiger partial charge in [0.25, 0.3) is 0 Å². The van der Waals surface area contributed by atoms with Crippen LogP contribution in [0.1, 0.15) is 24.8 Å². The highest BCUT2D eigenvalue weighted by Gasteiger charge is 2.41. The molecule has 0 radical (unpaired) electrons. The summed E-state index contributed by atoms with van der Waals surface area (Å²) < 4.78 is 19.7. The molecule has 4 nitrogen and oxygen atoms in total. The van der Waals surface area contributed by atoms with Crippen LogP contribution in [0.2, 0.25) is 0 Å². The first-order chi connectivity index (χ1) is 10.2. The van der Waals surface area contributed by atoms with Crippen molar-refractivity contribution in [3.05, 3.63) is 35.6 Å². The van der Waals surface area contributed by atoms with E-state index in [-0.39, 0.29) is 23.9 Å². The molecule has 1 N–H and O–H groups in total. The summed E-state index contributed by atoms with van der Waals surface area (Å²) in [5.41, 5.74) is 0.728. The molecular formula is C16H21FN2O2. The largest absolute Gasteiger partial charge is 0.363 e. The van der Waals surface area contributed by atoms with Crippen LogP contribution in [0, 0.1) is 5.82 Å². The van der Waals surface area contributed by atoms with Crippen LogP contribution in [0.3, 0.4) is 0 Å². The molecule has 0 bridgehead atoms. The molecule has 3 atom stereocenters. The minimum Gasteiger partial charge on any atom is -0.363 e. The van der Waals surface area contributed by atoms with E-state index in [0.29, 0.717) is 12.6 Å². The zero-order valence-corrected chi connectivity index (χ0v) is 12.2. The highest BCUT2D eigenvalue weighted by atomic mass is 19.1. The normalized spacial score (nSPS) is 29.1. The molecule has 2 fully saturated rings. The molecule has 1 amide bonds. The number of carbonyl (C=O) groups excluding carboxylic acids is 1. The van der Waals surface area contributed by atoms with Gasteiger partial charge in [0, 0.05) is 31.7 Å². The van der Waals surface area contributed by atoms with Crippen LogP contribution in [0.15, 0.2) is 24.3 Å². The Balaban J connectivity index is 1.64. The lowest BCUT2D eigenvalue weighted by atomic mass is 9.98. The van der Waals surface area contributed by atoms with Gasteiger partial charge >= 0.3 is 0 Å². The van der Waals surface area contributed by atoms with Gasteiger partial charge < -0.3 is 10.1 Å². The average Bonchev–Trinajstić information content (AvgIpc) is 2.91. The van der Waals surface area contributed by atoms with Gasteiger partial charge in [0.05, 0.1) is 6.10 Å². The molecule has 1 aromatic carbocycles. The molecular weight excluding hydrogens is 271 g/mol. The number of nitrogens with zero attached hydrogens (tertiary/aromatic N) is 1. The quantitative estimate of drug-likeness (QED) is 0.922. The number of nitrogens with one attached hydrogen (secondary N) is 1. The number of halogens is 1. The Labute approximate surface area is 124 Å². The third kappa shape index (κ3) is 2.94. The summed E-state index contributed by atoms with van der Waals surface area (Å²) in [5, 5.41) is 2.65. The Morgan fingerprint density at radius 2 is 2.19 bits per heavy atom. The van der Waals surface area contributed by atoms with Gasteiger partial charge in [-0.3, -0.25) is 9.69 Å². The van der Waals surface area contributed by atoms with Crippen molar-refractivity contribution >= 4 is 5.91 Å². The second kappa shape index (κ2) is 6.12. The molecule has 2 aliphatic rings. The number of fused-ring (bicyclic) bond motifs is 1. The standard InChI is InChI=1S/C16H21FN2O2/c1-18-16(20)15-7-6-13-14(21-15)8-9-19(13)10-11-4-2-3-5-12(11)17/h2-5,13-15H,6-10H2,1H3,(H,18,20)/t13-,14-,15+/m1/s1. The van der Waals surface area contributed by atoms with Crippen molar-refractivity contribution < 1.29 is 13.9 Å². The van der Waals surface area contributed by atoms with E-state index >= 15 is 0 Å². The molecule has 0 saturated carbocycles. The number of hydrogen-bond donors (Lipinski definition) is 1. The summed E-state index contributed by atoms with van der Waals surface area (Å²) in [6.45, 7) is 1.51. The lowest BCUT2D eigenvalue weighted by Crippen LogP contribution is -2.47. The summed E-state index contributed by atoms with van der Waals surface area (Å²) in [7, 11) is 1.64. The number of hydrogen-bond acceptors (Lipinski definition) is 3. The predicted octanol–water partition coefficient (Wildman–Crippen LogP) is 1.69. The van der Waals surface area contributed by atoms with Gasteiger partial charge in [-0.25, -0.2) is 4.39 Å². The van der Waals surface area contributed by atoms with Gasteiger partial charge in [-0.15, -0.1) is 0 Å². The number of benzene rings is 1. The van der Waals surface area contributed by atoms with E-state index in [1.807, 2.05) is 12.1 Å². The SMILES string of the molecule is CNC(=O)[C@@H]1CC[C@@H]2[C@@H](CCN2Cc2ccccc2F)O1. The van der Waals surface area contributed by atoms with E-state index < -0.39 is 0 Å². The first kappa shape index (κ1) is 14.5. The Morgan fingerprint density at radius 1 is 1.38 bits per heavy atom. The monoisotopic (exact) mass is 292 g/mol. The van der Waals surface area contributed by atoms with E-state index in [0.717, 1.165) is 31.4 Å². The second-order valence-corrected chi connectivity index (χ2v) is 5.77. The molecule has 21 heavy (non-hydrogen) atoms. The second-order valence-electron chi connectivity index (χ2n) is 5.77. The molecule has 0 aromatic heterocycles. The van der Waals surface area contributed by atoms with E-state index in [2.05, 4.69) is 10.2 Å². The number of ether oxygens (including phenoxy) is 1. The summed E-state index contributed by atoms with van der Waals surface area (Å²) in [6.07, 6.45) is 2.33. The number of amides is 1. The smallest absolute Gasteiger partial charge is 0.248 e. The maximum atomic E-state index is 13.8. The number of carbonyl (C=O) groups is 1. The van der Waals surface area contributed by atoms with Gasteiger partial charge in [-0.1, -0.05) is 18.2 Å². The van der Waals surface area contributed by atoms with Crippen LogP contribution in [0.5, 0.6) is 0 Å². The van der Waals surface area contributed by atoms with Gasteiger partial charge in [0.1, 0.15) is 11.9 Å². The maximum absolute atomic E-state index is 13.8. The third-order valence-corrected chi connectivity index (χ3v) is 4.53. The number of rotatable bonds is 3. The van der Waals surface area contributed by atoms with Crippen LogP contribution >= 0.6 is 0 Å². The van der Waals surface area contributed by atoms with Gasteiger partial charge in [-0.05, 0) is 25.3 Å². The fraction of sp³-hybridized carbons (Fsp3) is 0.562. The van der Waals surface area contributed by atoms with Crippen molar-refractivity contribution in [3.8, 4) is 0 Å². The molecule has 0 aliphatic carbocycles. The van der Waals surface area contributed by atoms with Crippen LogP contribution in [-0.2, 0) is 16.1 Å². The third-order valence-electron chi connectivity index (χ3n) is 4.53. The highest BCUT2D eigenvalue weighted by Crippen LogP contribution is 2.32. The molecule has 3 rings (SSSR count). The van der Waals surface area contributed by atoms with Crippen LogP contribution in [0.25, 0.3) is 0 Å².